The molecule has 1 rings (SSSR count). The van der Waals surface area contributed by atoms with E-state index in [0.29, 0.717) is 11.3 Å². The van der Waals surface area contributed by atoms with E-state index in [0.717, 1.165) is 4.90 Å². The second-order valence-electron chi connectivity index (χ2n) is 6.96. The molecule has 0 unspecified atom stereocenters. The Morgan fingerprint density at radius 1 is 1.00 bits per heavy atom. The van der Waals surface area contributed by atoms with Crippen LogP contribution in [0.25, 0.3) is 0 Å². The van der Waals surface area contributed by atoms with E-state index in [2.05, 4.69) is 4.98 Å². The molecule has 0 saturated heterocycles. The standard InChI is InChI=1S/C16H24N2O4/c1-11-10-17-9-8-12(11)18(13(19)21-15(2,3)4)14(20)22-16(5,6)7/h8-10H,1-7H3. The Balaban J connectivity index is 3.19. The second kappa shape index (κ2) is 6.34. The quantitative estimate of drug-likeness (QED) is 0.782. The van der Waals surface area contributed by atoms with Crippen LogP contribution in [0.2, 0.25) is 0 Å². The van der Waals surface area contributed by atoms with Gasteiger partial charge in [-0.25, -0.2) is 9.59 Å². The fourth-order valence-electron chi connectivity index (χ4n) is 1.60. The minimum absolute atomic E-state index is 0.387. The number of ether oxygens (including phenoxy) is 2. The van der Waals surface area contributed by atoms with Crippen LogP contribution in [0.3, 0.4) is 0 Å². The summed E-state index contributed by atoms with van der Waals surface area (Å²) in [6, 6.07) is 1.57. The Labute approximate surface area is 131 Å². The molecule has 0 spiro atoms. The minimum atomic E-state index is -0.781. The highest BCUT2D eigenvalue weighted by Gasteiger charge is 2.33. The lowest BCUT2D eigenvalue weighted by Crippen LogP contribution is -2.44. The van der Waals surface area contributed by atoms with E-state index in [-0.39, 0.29) is 0 Å². The monoisotopic (exact) mass is 308 g/mol. The second-order valence-corrected chi connectivity index (χ2v) is 6.96. The molecule has 6 nitrogen and oxygen atoms in total. The van der Waals surface area contributed by atoms with Crippen LogP contribution in [-0.4, -0.2) is 28.4 Å². The van der Waals surface area contributed by atoms with Gasteiger partial charge >= 0.3 is 12.2 Å². The normalized spacial score (nSPS) is 11.8. The van der Waals surface area contributed by atoms with Crippen molar-refractivity contribution < 1.29 is 19.1 Å². The lowest BCUT2D eigenvalue weighted by Gasteiger charge is -2.29. The van der Waals surface area contributed by atoms with Gasteiger partial charge in [-0.05, 0) is 60.1 Å². The van der Waals surface area contributed by atoms with E-state index in [1.165, 1.54) is 6.20 Å². The molecular weight excluding hydrogens is 284 g/mol. The Morgan fingerprint density at radius 3 is 1.82 bits per heavy atom. The number of aromatic nitrogens is 1. The fraction of sp³-hybridized carbons (Fsp3) is 0.562. The van der Waals surface area contributed by atoms with Gasteiger partial charge in [0.25, 0.3) is 0 Å². The first-order chi connectivity index (χ1) is 9.91. The van der Waals surface area contributed by atoms with E-state index >= 15 is 0 Å². The van der Waals surface area contributed by atoms with E-state index in [4.69, 9.17) is 9.47 Å². The Hall–Kier alpha value is -2.11. The van der Waals surface area contributed by atoms with Gasteiger partial charge in [0.2, 0.25) is 0 Å². The van der Waals surface area contributed by atoms with Crippen molar-refractivity contribution in [3.8, 4) is 0 Å². The number of nitrogens with zero attached hydrogens (tertiary/aromatic N) is 2. The number of amides is 2. The topological polar surface area (TPSA) is 68.7 Å². The molecule has 122 valence electrons. The smallest absolute Gasteiger partial charge is 0.424 e. The molecule has 1 heterocycles. The SMILES string of the molecule is Cc1cnccc1N(C(=O)OC(C)(C)C)C(=O)OC(C)(C)C. The van der Waals surface area contributed by atoms with Crippen LogP contribution < -0.4 is 4.90 Å². The maximum Gasteiger partial charge on any atom is 0.424 e. The Morgan fingerprint density at radius 2 is 1.45 bits per heavy atom. The molecule has 0 saturated carbocycles. The van der Waals surface area contributed by atoms with Gasteiger partial charge in [0.1, 0.15) is 11.2 Å². The van der Waals surface area contributed by atoms with Crippen LogP contribution >= 0.6 is 0 Å². The molecule has 0 fully saturated rings. The summed E-state index contributed by atoms with van der Waals surface area (Å²) in [5.41, 5.74) is -0.394. The number of imide groups is 1. The summed E-state index contributed by atoms with van der Waals surface area (Å²) in [7, 11) is 0. The molecule has 2 amide bonds. The molecule has 6 heteroatoms. The van der Waals surface area contributed by atoms with Crippen LogP contribution in [0.4, 0.5) is 15.3 Å². The molecule has 1 aromatic rings. The first-order valence-corrected chi connectivity index (χ1v) is 7.07. The third kappa shape index (κ3) is 5.35. The predicted molar refractivity (Wildman–Crippen MR) is 83.9 cm³/mol. The largest absolute Gasteiger partial charge is 0.443 e. The van der Waals surface area contributed by atoms with Crippen LogP contribution in [0.15, 0.2) is 18.5 Å². The van der Waals surface area contributed by atoms with E-state index in [1.807, 2.05) is 0 Å². The third-order valence-electron chi connectivity index (χ3n) is 2.38. The van der Waals surface area contributed by atoms with Gasteiger partial charge in [0.15, 0.2) is 0 Å². The Bertz CT molecular complexity index is 528. The van der Waals surface area contributed by atoms with Gasteiger partial charge in [0.05, 0.1) is 5.69 Å². The van der Waals surface area contributed by atoms with E-state index in [9.17, 15) is 9.59 Å². The van der Waals surface area contributed by atoms with E-state index < -0.39 is 23.4 Å². The highest BCUT2D eigenvalue weighted by molar-refractivity contribution is 6.10. The van der Waals surface area contributed by atoms with Crippen molar-refractivity contribution in [2.24, 2.45) is 0 Å². The first-order valence-electron chi connectivity index (χ1n) is 7.07. The number of carbonyl (C=O) groups excluding carboxylic acids is 2. The molecule has 0 aromatic carbocycles. The maximum absolute atomic E-state index is 12.4. The first kappa shape index (κ1) is 17.9. The maximum atomic E-state index is 12.4. The van der Waals surface area contributed by atoms with E-state index in [1.54, 1.807) is 60.7 Å². The van der Waals surface area contributed by atoms with Crippen molar-refractivity contribution in [3.05, 3.63) is 24.0 Å². The molecule has 0 aliphatic carbocycles. The number of rotatable bonds is 1. The van der Waals surface area contributed by atoms with Crippen molar-refractivity contribution in [1.82, 2.24) is 4.98 Å². The fourth-order valence-corrected chi connectivity index (χ4v) is 1.60. The number of hydrogen-bond acceptors (Lipinski definition) is 5. The summed E-state index contributed by atoms with van der Waals surface area (Å²) < 4.78 is 10.6. The summed E-state index contributed by atoms with van der Waals surface area (Å²) in [4.78, 5) is 29.7. The average Bonchev–Trinajstić information content (AvgIpc) is 2.27. The average molecular weight is 308 g/mol. The van der Waals surface area contributed by atoms with Gasteiger partial charge in [-0.2, -0.15) is 4.90 Å². The lowest BCUT2D eigenvalue weighted by molar-refractivity contribution is 0.0430. The minimum Gasteiger partial charge on any atom is -0.443 e. The molecule has 0 aliphatic rings. The summed E-state index contributed by atoms with van der Waals surface area (Å²) >= 11 is 0. The highest BCUT2D eigenvalue weighted by atomic mass is 16.6. The molecule has 1 aromatic heterocycles. The Kier molecular flexibility index (Phi) is 5.17. The summed E-state index contributed by atoms with van der Waals surface area (Å²) in [6.45, 7) is 12.2. The third-order valence-corrected chi connectivity index (χ3v) is 2.38. The van der Waals surface area contributed by atoms with Gasteiger partial charge in [-0.15, -0.1) is 0 Å². The van der Waals surface area contributed by atoms with Crippen molar-refractivity contribution in [1.29, 1.82) is 0 Å². The zero-order chi connectivity index (χ0) is 17.1. The molecule has 0 bridgehead atoms. The summed E-state index contributed by atoms with van der Waals surface area (Å²) in [6.07, 6.45) is 1.51. The highest BCUT2D eigenvalue weighted by Crippen LogP contribution is 2.24. The van der Waals surface area contributed by atoms with Crippen LogP contribution in [0.1, 0.15) is 47.1 Å². The molecule has 22 heavy (non-hydrogen) atoms. The number of carbonyl (C=O) groups is 2. The van der Waals surface area contributed by atoms with Gasteiger partial charge in [-0.3, -0.25) is 4.98 Å². The molecule has 0 aliphatic heterocycles. The molecule has 0 N–H and O–H groups in total. The van der Waals surface area contributed by atoms with Crippen molar-refractivity contribution in [2.45, 2.75) is 59.7 Å². The molecule has 0 atom stereocenters. The van der Waals surface area contributed by atoms with Gasteiger partial charge in [-0.1, -0.05) is 0 Å². The zero-order valence-electron chi connectivity index (χ0n) is 14.3. The number of hydrogen-bond donors (Lipinski definition) is 0. The number of pyridine rings is 1. The van der Waals surface area contributed by atoms with Gasteiger partial charge < -0.3 is 9.47 Å². The number of anilines is 1. The van der Waals surface area contributed by atoms with Crippen LogP contribution in [0.5, 0.6) is 0 Å². The molecule has 0 radical (unpaired) electrons. The summed E-state index contributed by atoms with van der Waals surface area (Å²) in [5.74, 6) is 0. The number of aryl methyl sites for hydroxylation is 1. The van der Waals surface area contributed by atoms with Crippen LogP contribution in [0, 0.1) is 6.92 Å². The van der Waals surface area contributed by atoms with Crippen LogP contribution in [-0.2, 0) is 9.47 Å². The predicted octanol–water partition coefficient (Wildman–Crippen LogP) is 4.07. The van der Waals surface area contributed by atoms with Crippen molar-refractivity contribution in [3.63, 3.8) is 0 Å². The lowest BCUT2D eigenvalue weighted by atomic mass is 10.2. The van der Waals surface area contributed by atoms with Crippen molar-refractivity contribution in [2.75, 3.05) is 4.90 Å². The van der Waals surface area contributed by atoms with Gasteiger partial charge in [0, 0.05) is 12.4 Å². The van der Waals surface area contributed by atoms with Crippen molar-refractivity contribution >= 4 is 17.9 Å². The zero-order valence-corrected chi connectivity index (χ0v) is 14.3. The summed E-state index contributed by atoms with van der Waals surface area (Å²) in [5, 5.41) is 0. The molecular formula is C16H24N2O4.